The van der Waals surface area contributed by atoms with E-state index >= 15 is 0 Å². The fraction of sp³-hybridized carbons (Fsp3) is 1.00. The Hall–Kier alpha value is 0.110. The van der Waals surface area contributed by atoms with Gasteiger partial charge in [-0.05, 0) is 32.2 Å². The summed E-state index contributed by atoms with van der Waals surface area (Å²) in [4.78, 5) is 0. The van der Waals surface area contributed by atoms with Crippen LogP contribution in [0.5, 0.6) is 0 Å². The molecule has 0 aliphatic heterocycles. The van der Waals surface area contributed by atoms with Gasteiger partial charge in [0.05, 0.1) is 5.25 Å². The molecule has 19 heavy (non-hydrogen) atoms. The van der Waals surface area contributed by atoms with E-state index in [0.717, 1.165) is 18.7 Å². The van der Waals surface area contributed by atoms with E-state index in [1.165, 1.54) is 57.8 Å². The van der Waals surface area contributed by atoms with Gasteiger partial charge in [0.15, 0.2) is 0 Å². The second kappa shape index (κ2) is 10.8. The van der Waals surface area contributed by atoms with E-state index < -0.39 is 10.8 Å². The van der Waals surface area contributed by atoms with Gasteiger partial charge in [0.2, 0.25) is 0 Å². The zero-order valence-corrected chi connectivity index (χ0v) is 13.8. The third-order valence-corrected chi connectivity index (χ3v) is 6.08. The van der Waals surface area contributed by atoms with Gasteiger partial charge >= 0.3 is 0 Å². The summed E-state index contributed by atoms with van der Waals surface area (Å²) in [5.74, 6) is 0.919. The molecule has 2 nitrogen and oxygen atoms in total. The molecule has 1 fully saturated rings. The molecule has 0 spiro atoms. The van der Waals surface area contributed by atoms with Crippen LogP contribution in [0.3, 0.4) is 0 Å². The van der Waals surface area contributed by atoms with Gasteiger partial charge < -0.3 is 5.32 Å². The van der Waals surface area contributed by atoms with Gasteiger partial charge in [-0.3, -0.25) is 4.21 Å². The summed E-state index contributed by atoms with van der Waals surface area (Å²) in [6, 6.07) is 0.503. The van der Waals surface area contributed by atoms with Crippen molar-refractivity contribution >= 4 is 10.8 Å². The van der Waals surface area contributed by atoms with Crippen LogP contribution in [0.4, 0.5) is 0 Å². The number of hydrogen-bond acceptors (Lipinski definition) is 2. The standard InChI is InChI=1S/C16H33NOS/c1-3-5-10-14-19(18)16-12-9-7-6-8-11-15(16)17-13-4-2/h15-17H,3-14H2,1-2H3. The number of nitrogens with one attached hydrogen (secondary N) is 1. The van der Waals surface area contributed by atoms with E-state index in [9.17, 15) is 4.21 Å². The van der Waals surface area contributed by atoms with Gasteiger partial charge in [-0.1, -0.05) is 52.4 Å². The zero-order chi connectivity index (χ0) is 13.9. The quantitative estimate of drug-likeness (QED) is 0.683. The highest BCUT2D eigenvalue weighted by molar-refractivity contribution is 7.85. The lowest BCUT2D eigenvalue weighted by Gasteiger charge is -2.29. The minimum Gasteiger partial charge on any atom is -0.313 e. The molecule has 1 rings (SSSR count). The summed E-state index contributed by atoms with van der Waals surface area (Å²) < 4.78 is 12.6. The average Bonchev–Trinajstić information content (AvgIpc) is 2.38. The molecule has 114 valence electrons. The molecule has 1 N–H and O–H groups in total. The van der Waals surface area contributed by atoms with Crippen LogP contribution in [0.2, 0.25) is 0 Å². The summed E-state index contributed by atoms with van der Waals surface area (Å²) >= 11 is 0. The van der Waals surface area contributed by atoms with E-state index in [2.05, 4.69) is 19.2 Å². The van der Waals surface area contributed by atoms with Gasteiger partial charge in [-0.2, -0.15) is 0 Å². The van der Waals surface area contributed by atoms with Gasteiger partial charge in [0, 0.05) is 22.6 Å². The van der Waals surface area contributed by atoms with E-state index in [-0.39, 0.29) is 0 Å². The van der Waals surface area contributed by atoms with Gasteiger partial charge in [0.25, 0.3) is 0 Å². The minimum atomic E-state index is -0.623. The van der Waals surface area contributed by atoms with E-state index in [0.29, 0.717) is 11.3 Å². The van der Waals surface area contributed by atoms with Crippen molar-refractivity contribution in [3.63, 3.8) is 0 Å². The Balaban J connectivity index is 2.51. The summed E-state index contributed by atoms with van der Waals surface area (Å²) in [5.41, 5.74) is 0. The van der Waals surface area contributed by atoms with E-state index in [4.69, 9.17) is 0 Å². The average molecular weight is 288 g/mol. The molecule has 1 aliphatic carbocycles. The summed E-state index contributed by atoms with van der Waals surface area (Å²) in [6.07, 6.45) is 12.4. The van der Waals surface area contributed by atoms with Crippen molar-refractivity contribution in [2.45, 2.75) is 89.3 Å². The molecule has 0 aromatic heterocycles. The summed E-state index contributed by atoms with van der Waals surface area (Å²) in [5, 5.41) is 4.07. The van der Waals surface area contributed by atoms with Crippen LogP contribution in [-0.2, 0) is 10.8 Å². The maximum absolute atomic E-state index is 12.6. The first kappa shape index (κ1) is 17.2. The topological polar surface area (TPSA) is 29.1 Å². The Morgan fingerprint density at radius 2 is 1.74 bits per heavy atom. The minimum absolute atomic E-state index is 0.406. The molecule has 3 atom stereocenters. The Morgan fingerprint density at radius 1 is 1.00 bits per heavy atom. The molecule has 0 bridgehead atoms. The Bertz CT molecular complexity index is 243. The lowest BCUT2D eigenvalue weighted by Crippen LogP contribution is -2.43. The molecule has 0 amide bonds. The molecule has 0 aromatic carbocycles. The SMILES string of the molecule is CCCCCS(=O)C1CCCCCCC1NCCC. The highest BCUT2D eigenvalue weighted by Gasteiger charge is 2.26. The first-order valence-corrected chi connectivity index (χ1v) is 9.78. The van der Waals surface area contributed by atoms with Crippen LogP contribution in [0.1, 0.15) is 78.1 Å². The maximum Gasteiger partial charge on any atom is 0.0501 e. The molecular formula is C16H33NOS. The predicted molar refractivity (Wildman–Crippen MR) is 86.1 cm³/mol. The third kappa shape index (κ3) is 6.89. The van der Waals surface area contributed by atoms with Crippen molar-refractivity contribution in [2.24, 2.45) is 0 Å². The highest BCUT2D eigenvalue weighted by atomic mass is 32.2. The third-order valence-electron chi connectivity index (χ3n) is 4.15. The van der Waals surface area contributed by atoms with Crippen molar-refractivity contribution in [2.75, 3.05) is 12.3 Å². The van der Waals surface area contributed by atoms with E-state index in [1.54, 1.807) is 0 Å². The largest absolute Gasteiger partial charge is 0.313 e. The maximum atomic E-state index is 12.6. The molecule has 1 saturated carbocycles. The summed E-state index contributed by atoms with van der Waals surface area (Å²) in [7, 11) is -0.623. The first-order valence-electron chi connectivity index (χ1n) is 8.40. The highest BCUT2D eigenvalue weighted by Crippen LogP contribution is 2.22. The molecule has 1 aliphatic rings. The molecular weight excluding hydrogens is 254 g/mol. The second-order valence-electron chi connectivity index (χ2n) is 5.88. The summed E-state index contributed by atoms with van der Waals surface area (Å²) in [6.45, 7) is 5.50. The van der Waals surface area contributed by atoms with Crippen molar-refractivity contribution in [1.82, 2.24) is 5.32 Å². The smallest absolute Gasteiger partial charge is 0.0501 e. The van der Waals surface area contributed by atoms with Crippen LogP contribution >= 0.6 is 0 Å². The second-order valence-corrected chi connectivity index (χ2v) is 7.66. The molecule has 0 heterocycles. The molecule has 0 radical (unpaired) electrons. The van der Waals surface area contributed by atoms with Crippen molar-refractivity contribution in [1.29, 1.82) is 0 Å². The fourth-order valence-corrected chi connectivity index (χ4v) is 4.79. The lowest BCUT2D eigenvalue weighted by atomic mass is 9.96. The van der Waals surface area contributed by atoms with Crippen molar-refractivity contribution in [3.8, 4) is 0 Å². The van der Waals surface area contributed by atoms with Crippen LogP contribution in [0.25, 0.3) is 0 Å². The molecule has 3 heteroatoms. The number of unbranched alkanes of at least 4 members (excludes halogenated alkanes) is 2. The van der Waals surface area contributed by atoms with Crippen LogP contribution in [0.15, 0.2) is 0 Å². The zero-order valence-electron chi connectivity index (χ0n) is 13.0. The Morgan fingerprint density at radius 3 is 2.42 bits per heavy atom. The molecule has 0 aromatic rings. The number of hydrogen-bond donors (Lipinski definition) is 1. The van der Waals surface area contributed by atoms with Crippen molar-refractivity contribution < 1.29 is 4.21 Å². The lowest BCUT2D eigenvalue weighted by molar-refractivity contribution is 0.394. The van der Waals surface area contributed by atoms with E-state index in [1.807, 2.05) is 0 Å². The van der Waals surface area contributed by atoms with Crippen LogP contribution in [0, 0.1) is 0 Å². The molecule has 0 saturated heterocycles. The monoisotopic (exact) mass is 287 g/mol. The molecule has 3 unspecified atom stereocenters. The fourth-order valence-electron chi connectivity index (χ4n) is 2.97. The first-order chi connectivity index (χ1) is 9.29. The Labute approximate surface area is 122 Å². The van der Waals surface area contributed by atoms with Crippen LogP contribution in [-0.4, -0.2) is 27.8 Å². The van der Waals surface area contributed by atoms with Gasteiger partial charge in [-0.25, -0.2) is 0 Å². The predicted octanol–water partition coefficient (Wildman–Crippen LogP) is 4.02. The van der Waals surface area contributed by atoms with Crippen molar-refractivity contribution in [3.05, 3.63) is 0 Å². The van der Waals surface area contributed by atoms with Crippen LogP contribution < -0.4 is 5.32 Å². The number of rotatable bonds is 8. The van der Waals surface area contributed by atoms with Gasteiger partial charge in [0.1, 0.15) is 0 Å². The van der Waals surface area contributed by atoms with Gasteiger partial charge in [-0.15, -0.1) is 0 Å². The normalized spacial score (nSPS) is 26.6. The Kier molecular flexibility index (Phi) is 9.80.